The van der Waals surface area contributed by atoms with Gasteiger partial charge in [0.1, 0.15) is 12.1 Å². The average Bonchev–Trinajstić information content (AvgIpc) is 3.05. The lowest BCUT2D eigenvalue weighted by Gasteiger charge is -2.07. The Bertz CT molecular complexity index is 903. The molecule has 1 aromatic heterocycles. The van der Waals surface area contributed by atoms with Gasteiger partial charge < -0.3 is 10.1 Å². The maximum atomic E-state index is 12.2. The Kier molecular flexibility index (Phi) is 5.58. The molecule has 0 saturated carbocycles. The number of rotatable bonds is 7. The summed E-state index contributed by atoms with van der Waals surface area (Å²) in [5.41, 5.74) is 2.60. The zero-order valence-corrected chi connectivity index (χ0v) is 14.5. The van der Waals surface area contributed by atoms with Crippen LogP contribution in [0, 0.1) is 0 Å². The zero-order chi connectivity index (χ0) is 18.4. The van der Waals surface area contributed by atoms with Crippen LogP contribution in [0.2, 0.25) is 0 Å². The Morgan fingerprint density at radius 3 is 2.65 bits per heavy atom. The van der Waals surface area contributed by atoms with Crippen LogP contribution in [-0.4, -0.2) is 33.5 Å². The summed E-state index contributed by atoms with van der Waals surface area (Å²) in [6.07, 6.45) is 1.82. The predicted octanol–water partition coefficient (Wildman–Crippen LogP) is 3.03. The molecule has 0 aliphatic heterocycles. The van der Waals surface area contributed by atoms with Gasteiger partial charge in [-0.1, -0.05) is 30.7 Å². The Balaban J connectivity index is 1.58. The van der Waals surface area contributed by atoms with Gasteiger partial charge in [-0.05, 0) is 42.8 Å². The van der Waals surface area contributed by atoms with E-state index in [4.69, 9.17) is 4.74 Å². The number of nitrogens with zero attached hydrogens (tertiary/aromatic N) is 3. The van der Waals surface area contributed by atoms with Crippen molar-refractivity contribution in [1.82, 2.24) is 15.0 Å². The minimum absolute atomic E-state index is 0.0569. The lowest BCUT2D eigenvalue weighted by atomic mass is 10.2. The van der Waals surface area contributed by atoms with Crippen molar-refractivity contribution in [3.63, 3.8) is 0 Å². The summed E-state index contributed by atoms with van der Waals surface area (Å²) in [4.78, 5) is 24.1. The number of unbranched alkanes of at least 4 members (excludes halogenated alkanes) is 1. The molecule has 0 atom stereocenters. The summed E-state index contributed by atoms with van der Waals surface area (Å²) in [6.45, 7) is 2.51. The van der Waals surface area contributed by atoms with Gasteiger partial charge in [-0.15, -0.1) is 5.10 Å². The molecule has 0 radical (unpaired) electrons. The van der Waals surface area contributed by atoms with Crippen LogP contribution < -0.4 is 5.32 Å². The molecule has 26 heavy (non-hydrogen) atoms. The van der Waals surface area contributed by atoms with Gasteiger partial charge in [-0.2, -0.15) is 0 Å². The third-order valence-corrected chi connectivity index (χ3v) is 3.85. The molecule has 1 heterocycles. The summed E-state index contributed by atoms with van der Waals surface area (Å²) in [5.74, 6) is -0.579. The molecule has 0 aliphatic rings. The molecular weight excluding hydrogens is 332 g/mol. The topological polar surface area (TPSA) is 86.1 Å². The van der Waals surface area contributed by atoms with Crippen LogP contribution in [0.1, 0.15) is 30.1 Å². The molecule has 0 bridgehead atoms. The number of esters is 1. The fourth-order valence-electron chi connectivity index (χ4n) is 2.45. The monoisotopic (exact) mass is 352 g/mol. The Morgan fingerprint density at radius 2 is 1.88 bits per heavy atom. The highest BCUT2D eigenvalue weighted by Crippen LogP contribution is 2.12. The van der Waals surface area contributed by atoms with Gasteiger partial charge in [0, 0.05) is 5.69 Å². The van der Waals surface area contributed by atoms with Crippen LogP contribution in [0.25, 0.3) is 11.0 Å². The standard InChI is InChI=1S/C19H20N4O3/c1-2-3-12-26-19(25)14-8-10-15(11-9-14)20-18(24)13-23-17-7-5-4-6-16(17)21-22-23/h4-11H,2-3,12-13H2,1H3,(H,20,24). The number of ether oxygens (including phenoxy) is 1. The first kappa shape index (κ1) is 17.6. The number of benzene rings is 2. The molecule has 1 N–H and O–H groups in total. The van der Waals surface area contributed by atoms with Gasteiger partial charge >= 0.3 is 5.97 Å². The Hall–Kier alpha value is -3.22. The summed E-state index contributed by atoms with van der Waals surface area (Å²) in [5, 5.41) is 10.8. The van der Waals surface area contributed by atoms with E-state index in [-0.39, 0.29) is 18.4 Å². The maximum absolute atomic E-state index is 12.2. The molecule has 3 aromatic rings. The van der Waals surface area contributed by atoms with Gasteiger partial charge in [0.05, 0.1) is 17.7 Å². The summed E-state index contributed by atoms with van der Waals surface area (Å²) >= 11 is 0. The largest absolute Gasteiger partial charge is 0.462 e. The number of carbonyl (C=O) groups excluding carboxylic acids is 2. The van der Waals surface area contributed by atoms with Gasteiger partial charge in [0.15, 0.2) is 0 Å². The SMILES string of the molecule is CCCCOC(=O)c1ccc(NC(=O)Cn2nnc3ccccc32)cc1. The van der Waals surface area contributed by atoms with Crippen LogP contribution in [0.15, 0.2) is 48.5 Å². The number of amides is 1. The molecule has 7 heteroatoms. The third kappa shape index (κ3) is 4.24. The van der Waals surface area contributed by atoms with Crippen molar-refractivity contribution in [3.05, 3.63) is 54.1 Å². The van der Waals surface area contributed by atoms with Gasteiger partial charge in [-0.25, -0.2) is 9.48 Å². The van der Waals surface area contributed by atoms with E-state index < -0.39 is 0 Å². The minimum Gasteiger partial charge on any atom is -0.462 e. The van der Waals surface area contributed by atoms with Crippen LogP contribution in [0.4, 0.5) is 5.69 Å². The van der Waals surface area contributed by atoms with Crippen molar-refractivity contribution in [2.24, 2.45) is 0 Å². The van der Waals surface area contributed by atoms with E-state index in [2.05, 4.69) is 15.6 Å². The van der Waals surface area contributed by atoms with E-state index in [9.17, 15) is 9.59 Å². The fourth-order valence-corrected chi connectivity index (χ4v) is 2.45. The van der Waals surface area contributed by atoms with Crippen molar-refractivity contribution in [2.75, 3.05) is 11.9 Å². The Morgan fingerprint density at radius 1 is 1.12 bits per heavy atom. The van der Waals surface area contributed by atoms with Gasteiger partial charge in [0.2, 0.25) is 5.91 Å². The second-order valence-corrected chi connectivity index (χ2v) is 5.85. The fraction of sp³-hybridized carbons (Fsp3) is 0.263. The number of fused-ring (bicyclic) bond motifs is 1. The van der Waals surface area contributed by atoms with Crippen molar-refractivity contribution in [2.45, 2.75) is 26.3 Å². The van der Waals surface area contributed by atoms with E-state index in [0.717, 1.165) is 23.9 Å². The predicted molar refractivity (Wildman–Crippen MR) is 97.8 cm³/mol. The first-order valence-electron chi connectivity index (χ1n) is 8.52. The summed E-state index contributed by atoms with van der Waals surface area (Å²) in [7, 11) is 0. The van der Waals surface area contributed by atoms with Crippen LogP contribution in [0.3, 0.4) is 0 Å². The van der Waals surface area contributed by atoms with Crippen molar-refractivity contribution in [3.8, 4) is 0 Å². The van der Waals surface area contributed by atoms with Gasteiger partial charge in [-0.3, -0.25) is 4.79 Å². The van der Waals surface area contributed by atoms with Crippen LogP contribution >= 0.6 is 0 Å². The lowest BCUT2D eigenvalue weighted by Crippen LogP contribution is -2.19. The zero-order valence-electron chi connectivity index (χ0n) is 14.5. The normalized spacial score (nSPS) is 10.7. The maximum Gasteiger partial charge on any atom is 0.338 e. The number of hydrogen-bond donors (Lipinski definition) is 1. The van der Waals surface area contributed by atoms with Crippen LogP contribution in [0.5, 0.6) is 0 Å². The molecule has 0 unspecified atom stereocenters. The van der Waals surface area contributed by atoms with E-state index in [0.29, 0.717) is 17.9 Å². The van der Waals surface area contributed by atoms with Crippen LogP contribution in [-0.2, 0) is 16.1 Å². The van der Waals surface area contributed by atoms with E-state index in [1.165, 1.54) is 0 Å². The van der Waals surface area contributed by atoms with E-state index in [1.807, 2.05) is 31.2 Å². The minimum atomic E-state index is -0.356. The highest BCUT2D eigenvalue weighted by molar-refractivity contribution is 5.93. The molecule has 7 nitrogen and oxygen atoms in total. The number of aromatic nitrogens is 3. The van der Waals surface area contributed by atoms with E-state index in [1.54, 1.807) is 28.9 Å². The second-order valence-electron chi connectivity index (χ2n) is 5.85. The number of para-hydroxylation sites is 1. The van der Waals surface area contributed by atoms with Crippen molar-refractivity contribution >= 4 is 28.6 Å². The number of hydrogen-bond acceptors (Lipinski definition) is 5. The molecule has 0 spiro atoms. The molecule has 134 valence electrons. The third-order valence-electron chi connectivity index (χ3n) is 3.85. The molecule has 1 amide bonds. The van der Waals surface area contributed by atoms with Crippen molar-refractivity contribution < 1.29 is 14.3 Å². The van der Waals surface area contributed by atoms with Gasteiger partial charge in [0.25, 0.3) is 0 Å². The van der Waals surface area contributed by atoms with E-state index >= 15 is 0 Å². The Labute approximate surface area is 151 Å². The molecule has 0 aliphatic carbocycles. The summed E-state index contributed by atoms with van der Waals surface area (Å²) < 4.78 is 6.70. The second kappa shape index (κ2) is 8.24. The molecule has 0 fully saturated rings. The highest BCUT2D eigenvalue weighted by atomic mass is 16.5. The first-order valence-corrected chi connectivity index (χ1v) is 8.52. The lowest BCUT2D eigenvalue weighted by molar-refractivity contribution is -0.116. The molecule has 3 rings (SSSR count). The number of carbonyl (C=O) groups is 2. The first-order chi connectivity index (χ1) is 12.7. The molecule has 2 aromatic carbocycles. The highest BCUT2D eigenvalue weighted by Gasteiger charge is 2.10. The molecule has 0 saturated heterocycles. The smallest absolute Gasteiger partial charge is 0.338 e. The quantitative estimate of drug-likeness (QED) is 0.522. The van der Waals surface area contributed by atoms with Crippen molar-refractivity contribution in [1.29, 1.82) is 0 Å². The molecular formula is C19H20N4O3. The number of nitrogens with one attached hydrogen (secondary N) is 1. The average molecular weight is 352 g/mol. The number of anilines is 1. The summed E-state index contributed by atoms with van der Waals surface area (Å²) in [6, 6.07) is 14.1.